The van der Waals surface area contributed by atoms with Gasteiger partial charge in [0.25, 0.3) is 0 Å². The number of hydrogen-bond acceptors (Lipinski definition) is 3. The van der Waals surface area contributed by atoms with Crippen LogP contribution in [0, 0.1) is 17.3 Å². The highest BCUT2D eigenvalue weighted by atomic mass is 16.4. The Morgan fingerprint density at radius 2 is 1.70 bits per heavy atom. The average molecular weight is 282 g/mol. The fourth-order valence-corrected chi connectivity index (χ4v) is 3.33. The molecule has 0 aromatic carbocycles. The van der Waals surface area contributed by atoms with Crippen molar-refractivity contribution in [2.75, 3.05) is 20.1 Å². The molecular formula is C14H22N2O4. The number of nitrogens with zero attached hydrogens (tertiary/aromatic N) is 2. The second-order valence-electron chi connectivity index (χ2n) is 6.89. The van der Waals surface area contributed by atoms with Crippen LogP contribution in [0.3, 0.4) is 0 Å². The Labute approximate surface area is 118 Å². The smallest absolute Gasteiger partial charge is 0.307 e. The van der Waals surface area contributed by atoms with Gasteiger partial charge in [0.15, 0.2) is 0 Å². The van der Waals surface area contributed by atoms with Crippen molar-refractivity contribution in [1.82, 2.24) is 9.80 Å². The Morgan fingerprint density at radius 3 is 2.15 bits per heavy atom. The zero-order valence-electron chi connectivity index (χ0n) is 12.6. The summed E-state index contributed by atoms with van der Waals surface area (Å²) in [6.07, 6.45) is 0. The van der Waals surface area contributed by atoms with Gasteiger partial charge in [-0.3, -0.25) is 14.4 Å². The van der Waals surface area contributed by atoms with Gasteiger partial charge in [0.1, 0.15) is 5.54 Å². The summed E-state index contributed by atoms with van der Waals surface area (Å²) < 4.78 is 0. The maximum atomic E-state index is 12.7. The molecule has 2 amide bonds. The highest BCUT2D eigenvalue weighted by Crippen LogP contribution is 2.59. The van der Waals surface area contributed by atoms with Crippen LogP contribution < -0.4 is 0 Å². The molecule has 112 valence electrons. The summed E-state index contributed by atoms with van der Waals surface area (Å²) in [5.74, 6) is -2.45. The number of carboxylic acids is 1. The molecular weight excluding hydrogens is 260 g/mol. The third-order valence-corrected chi connectivity index (χ3v) is 4.83. The Balaban J connectivity index is 2.23. The predicted molar refractivity (Wildman–Crippen MR) is 71.8 cm³/mol. The van der Waals surface area contributed by atoms with Crippen molar-refractivity contribution in [2.24, 2.45) is 17.3 Å². The summed E-state index contributed by atoms with van der Waals surface area (Å²) in [5, 5.41) is 9.18. The summed E-state index contributed by atoms with van der Waals surface area (Å²) in [5.41, 5.74) is -1.45. The normalized spacial score (nSPS) is 31.1. The fourth-order valence-electron chi connectivity index (χ4n) is 3.33. The molecule has 1 saturated heterocycles. The number of amides is 2. The van der Waals surface area contributed by atoms with Gasteiger partial charge in [-0.15, -0.1) is 0 Å². The first kappa shape index (κ1) is 14.8. The van der Waals surface area contributed by atoms with Crippen LogP contribution in [0.1, 0.15) is 27.7 Å². The lowest BCUT2D eigenvalue weighted by molar-refractivity contribution is -0.158. The average Bonchev–Trinajstić information content (AvgIpc) is 2.89. The van der Waals surface area contributed by atoms with Gasteiger partial charge in [0.2, 0.25) is 11.8 Å². The highest BCUT2D eigenvalue weighted by molar-refractivity contribution is 5.96. The van der Waals surface area contributed by atoms with E-state index in [2.05, 4.69) is 0 Å². The number of rotatable bonds is 2. The number of carboxylic acid groups (broad SMARTS) is 1. The Morgan fingerprint density at radius 1 is 1.15 bits per heavy atom. The maximum absolute atomic E-state index is 12.7. The molecule has 0 unspecified atom stereocenters. The van der Waals surface area contributed by atoms with Crippen molar-refractivity contribution in [1.29, 1.82) is 0 Å². The maximum Gasteiger partial charge on any atom is 0.307 e. The van der Waals surface area contributed by atoms with E-state index in [-0.39, 0.29) is 11.8 Å². The molecule has 0 aromatic heterocycles. The second kappa shape index (κ2) is 4.20. The number of hydrogen-bond donors (Lipinski definition) is 1. The van der Waals surface area contributed by atoms with Gasteiger partial charge in [-0.05, 0) is 19.3 Å². The van der Waals surface area contributed by atoms with E-state index in [9.17, 15) is 19.5 Å². The quantitative estimate of drug-likeness (QED) is 0.796. The molecule has 1 heterocycles. The first-order chi connectivity index (χ1) is 9.02. The minimum absolute atomic E-state index is 0.109. The third kappa shape index (κ3) is 1.89. The Hall–Kier alpha value is -1.59. The van der Waals surface area contributed by atoms with Crippen molar-refractivity contribution in [3.8, 4) is 0 Å². The van der Waals surface area contributed by atoms with E-state index < -0.39 is 28.8 Å². The number of carbonyl (C=O) groups excluding carboxylic acids is 2. The van der Waals surface area contributed by atoms with Crippen LogP contribution >= 0.6 is 0 Å². The molecule has 2 atom stereocenters. The third-order valence-electron chi connectivity index (χ3n) is 4.83. The molecule has 0 bridgehead atoms. The predicted octanol–water partition coefficient (Wildman–Crippen LogP) is 0.422. The first-order valence-corrected chi connectivity index (χ1v) is 6.82. The van der Waals surface area contributed by atoms with Crippen LogP contribution in [0.25, 0.3) is 0 Å². The van der Waals surface area contributed by atoms with Crippen molar-refractivity contribution in [3.05, 3.63) is 0 Å². The van der Waals surface area contributed by atoms with Gasteiger partial charge >= 0.3 is 5.97 Å². The molecule has 1 aliphatic heterocycles. The number of piperazine rings is 1. The summed E-state index contributed by atoms with van der Waals surface area (Å²) in [4.78, 5) is 39.2. The SMILES string of the molecule is CN1CCN(C(=O)[C@H]2[C@@H](C(=O)O)C2(C)C)C(C)(C)C1=O. The second-order valence-corrected chi connectivity index (χ2v) is 6.89. The lowest BCUT2D eigenvalue weighted by atomic mass is 9.96. The lowest BCUT2D eigenvalue weighted by Gasteiger charge is -2.45. The van der Waals surface area contributed by atoms with E-state index in [1.807, 2.05) is 0 Å². The van der Waals surface area contributed by atoms with Crippen LogP contribution in [-0.2, 0) is 14.4 Å². The molecule has 1 aliphatic carbocycles. The van der Waals surface area contributed by atoms with Crippen LogP contribution in [0.5, 0.6) is 0 Å². The zero-order valence-corrected chi connectivity index (χ0v) is 12.6. The molecule has 2 rings (SSSR count). The molecule has 1 saturated carbocycles. The lowest BCUT2D eigenvalue weighted by Crippen LogP contribution is -2.64. The van der Waals surface area contributed by atoms with E-state index in [0.717, 1.165) is 0 Å². The number of aliphatic carboxylic acids is 1. The minimum Gasteiger partial charge on any atom is -0.481 e. The van der Waals surface area contributed by atoms with Gasteiger partial charge in [-0.25, -0.2) is 0 Å². The van der Waals surface area contributed by atoms with Crippen LogP contribution in [0.15, 0.2) is 0 Å². The highest BCUT2D eigenvalue weighted by Gasteiger charge is 2.67. The number of likely N-dealkylation sites (N-methyl/N-ethyl adjacent to an activating group) is 1. The molecule has 6 heteroatoms. The monoisotopic (exact) mass is 282 g/mol. The molecule has 0 spiro atoms. The first-order valence-electron chi connectivity index (χ1n) is 6.82. The molecule has 0 radical (unpaired) electrons. The van der Waals surface area contributed by atoms with Crippen molar-refractivity contribution < 1.29 is 19.5 Å². The molecule has 0 aromatic rings. The van der Waals surface area contributed by atoms with Crippen molar-refractivity contribution in [3.63, 3.8) is 0 Å². The minimum atomic E-state index is -0.938. The molecule has 6 nitrogen and oxygen atoms in total. The molecule has 1 N–H and O–H groups in total. The topological polar surface area (TPSA) is 77.9 Å². The van der Waals surface area contributed by atoms with Crippen molar-refractivity contribution >= 4 is 17.8 Å². The van der Waals surface area contributed by atoms with Gasteiger partial charge in [-0.1, -0.05) is 13.8 Å². The van der Waals surface area contributed by atoms with E-state index >= 15 is 0 Å². The van der Waals surface area contributed by atoms with Crippen LogP contribution in [0.4, 0.5) is 0 Å². The van der Waals surface area contributed by atoms with Gasteiger partial charge in [-0.2, -0.15) is 0 Å². The molecule has 20 heavy (non-hydrogen) atoms. The summed E-state index contributed by atoms with van der Waals surface area (Å²) in [6, 6.07) is 0. The molecule has 2 aliphatic rings. The summed E-state index contributed by atoms with van der Waals surface area (Å²) >= 11 is 0. The summed E-state index contributed by atoms with van der Waals surface area (Å²) in [7, 11) is 1.72. The van der Waals surface area contributed by atoms with E-state index in [0.29, 0.717) is 13.1 Å². The Bertz CT molecular complexity index is 484. The van der Waals surface area contributed by atoms with Gasteiger partial charge < -0.3 is 14.9 Å². The zero-order chi connectivity index (χ0) is 15.5. The summed E-state index contributed by atoms with van der Waals surface area (Å²) in [6.45, 7) is 7.95. The van der Waals surface area contributed by atoms with E-state index in [1.165, 1.54) is 0 Å². The van der Waals surface area contributed by atoms with Crippen molar-refractivity contribution in [2.45, 2.75) is 33.2 Å². The Kier molecular flexibility index (Phi) is 3.11. The van der Waals surface area contributed by atoms with E-state index in [4.69, 9.17) is 0 Å². The standard InChI is InChI=1S/C14H22N2O4/c1-13(2)8(9(13)11(18)19)10(17)16-7-6-15(5)12(20)14(16,3)4/h8-9H,6-7H2,1-5H3,(H,18,19)/t8-,9+/m1/s1. The largest absolute Gasteiger partial charge is 0.481 e. The van der Waals surface area contributed by atoms with Gasteiger partial charge in [0, 0.05) is 20.1 Å². The van der Waals surface area contributed by atoms with Crippen LogP contribution in [-0.4, -0.2) is 58.4 Å². The fraction of sp³-hybridized carbons (Fsp3) is 0.786. The molecule has 2 fully saturated rings. The van der Waals surface area contributed by atoms with Gasteiger partial charge in [0.05, 0.1) is 11.8 Å². The van der Waals surface area contributed by atoms with Crippen LogP contribution in [0.2, 0.25) is 0 Å². The number of carbonyl (C=O) groups is 3. The van der Waals surface area contributed by atoms with E-state index in [1.54, 1.807) is 44.5 Å².